The van der Waals surface area contributed by atoms with Crippen molar-refractivity contribution in [3.63, 3.8) is 0 Å². The van der Waals surface area contributed by atoms with E-state index in [1.54, 1.807) is 11.3 Å². The summed E-state index contributed by atoms with van der Waals surface area (Å²) in [5.74, 6) is -0.0185. The van der Waals surface area contributed by atoms with E-state index < -0.39 is 0 Å². The molecule has 2 aromatic heterocycles. The number of fused-ring (bicyclic) bond motifs is 1. The summed E-state index contributed by atoms with van der Waals surface area (Å²) < 4.78 is 1.22. The normalized spacial score (nSPS) is 11.0. The highest BCUT2D eigenvalue weighted by molar-refractivity contribution is 7.18. The topological polar surface area (TPSA) is 67.8 Å². The molecule has 0 saturated carbocycles. The largest absolute Gasteiger partial charge is 0.301 e. The second-order valence-corrected chi connectivity index (χ2v) is 8.20. The fourth-order valence-electron chi connectivity index (χ4n) is 2.74. The van der Waals surface area contributed by atoms with E-state index >= 15 is 0 Å². The Morgan fingerprint density at radius 1 is 0.926 bits per heavy atom. The second kappa shape index (κ2) is 8.37. The first-order chi connectivity index (χ1) is 13.3. The molecule has 0 atom stereocenters. The average Bonchev–Trinajstić information content (AvgIpc) is 3.32. The van der Waals surface area contributed by atoms with Gasteiger partial charge in [-0.25, -0.2) is 4.98 Å². The predicted octanol–water partition coefficient (Wildman–Crippen LogP) is 5.17. The molecular formula is C20H18N4OS2. The van der Waals surface area contributed by atoms with Gasteiger partial charge in [0, 0.05) is 12.0 Å². The van der Waals surface area contributed by atoms with Gasteiger partial charge in [0.05, 0.1) is 15.2 Å². The van der Waals surface area contributed by atoms with E-state index in [1.165, 1.54) is 16.0 Å². The van der Waals surface area contributed by atoms with Crippen LogP contribution in [0.4, 0.5) is 5.13 Å². The first kappa shape index (κ1) is 17.8. The quantitative estimate of drug-likeness (QED) is 0.439. The molecular weight excluding hydrogens is 376 g/mol. The number of thiazole rings is 1. The molecule has 136 valence electrons. The van der Waals surface area contributed by atoms with Gasteiger partial charge in [-0.15, -0.1) is 21.5 Å². The first-order valence-electron chi connectivity index (χ1n) is 8.81. The van der Waals surface area contributed by atoms with Crippen LogP contribution in [-0.4, -0.2) is 21.1 Å². The van der Waals surface area contributed by atoms with E-state index in [0.717, 1.165) is 40.4 Å². The molecule has 0 aliphatic rings. The lowest BCUT2D eigenvalue weighted by atomic mass is 10.2. The number of amides is 1. The zero-order valence-corrected chi connectivity index (χ0v) is 16.2. The number of carbonyl (C=O) groups excluding carboxylic acids is 1. The maximum atomic E-state index is 12.1. The highest BCUT2D eigenvalue weighted by Crippen LogP contribution is 2.26. The lowest BCUT2D eigenvalue weighted by Gasteiger charge is -2.00. The number of aryl methyl sites for hydroxylation is 1. The van der Waals surface area contributed by atoms with Crippen LogP contribution < -0.4 is 5.32 Å². The summed E-state index contributed by atoms with van der Waals surface area (Å²) in [7, 11) is 0. The third-order valence-electron chi connectivity index (χ3n) is 4.07. The van der Waals surface area contributed by atoms with E-state index in [4.69, 9.17) is 0 Å². The summed E-state index contributed by atoms with van der Waals surface area (Å²) in [4.78, 5) is 16.8. The average molecular weight is 395 g/mol. The Kier molecular flexibility index (Phi) is 5.50. The van der Waals surface area contributed by atoms with Crippen molar-refractivity contribution in [1.29, 1.82) is 0 Å². The molecule has 0 unspecified atom stereocenters. The van der Waals surface area contributed by atoms with E-state index in [-0.39, 0.29) is 5.91 Å². The Hall–Kier alpha value is -2.64. The fraction of sp³-hybridized carbons (Fsp3) is 0.200. The van der Waals surface area contributed by atoms with Gasteiger partial charge in [0.2, 0.25) is 11.0 Å². The van der Waals surface area contributed by atoms with Crippen LogP contribution in [0.5, 0.6) is 0 Å². The number of aromatic nitrogens is 3. The Bertz CT molecular complexity index is 1010. The van der Waals surface area contributed by atoms with Crippen molar-refractivity contribution in [3.8, 4) is 10.6 Å². The predicted molar refractivity (Wildman–Crippen MR) is 111 cm³/mol. The highest BCUT2D eigenvalue weighted by Gasteiger charge is 2.10. The number of nitrogens with zero attached hydrogens (tertiary/aromatic N) is 3. The number of para-hydroxylation sites is 1. The van der Waals surface area contributed by atoms with Gasteiger partial charge < -0.3 is 5.32 Å². The molecule has 0 aliphatic heterocycles. The molecule has 4 rings (SSSR count). The van der Waals surface area contributed by atoms with Crippen LogP contribution in [0.15, 0.2) is 54.6 Å². The van der Waals surface area contributed by atoms with Crippen LogP contribution >= 0.6 is 22.7 Å². The lowest BCUT2D eigenvalue weighted by molar-refractivity contribution is -0.116. The van der Waals surface area contributed by atoms with Gasteiger partial charge in [-0.2, -0.15) is 0 Å². The molecule has 0 bridgehead atoms. The molecule has 0 radical (unpaired) electrons. The standard InChI is InChI=1S/C20H18N4OS2/c25-17(22-20-24-23-19(27-20)14-8-2-1-3-9-14)12-6-7-13-18-21-15-10-4-5-11-16(15)26-18/h1-5,8-11H,6-7,12-13H2,(H,22,24,25). The lowest BCUT2D eigenvalue weighted by Crippen LogP contribution is -2.10. The number of nitrogens with one attached hydrogen (secondary N) is 1. The molecule has 0 aliphatic carbocycles. The number of carbonyl (C=O) groups is 1. The third-order valence-corrected chi connectivity index (χ3v) is 6.06. The molecule has 1 N–H and O–H groups in total. The second-order valence-electron chi connectivity index (χ2n) is 6.11. The van der Waals surface area contributed by atoms with E-state index in [0.29, 0.717) is 11.6 Å². The van der Waals surface area contributed by atoms with Gasteiger partial charge in [0.15, 0.2) is 0 Å². The van der Waals surface area contributed by atoms with Crippen molar-refractivity contribution in [2.24, 2.45) is 0 Å². The van der Waals surface area contributed by atoms with Crippen molar-refractivity contribution in [2.75, 3.05) is 5.32 Å². The molecule has 7 heteroatoms. The zero-order chi connectivity index (χ0) is 18.5. The van der Waals surface area contributed by atoms with Crippen molar-refractivity contribution in [1.82, 2.24) is 15.2 Å². The Morgan fingerprint density at radius 2 is 1.74 bits per heavy atom. The van der Waals surface area contributed by atoms with E-state index in [1.807, 2.05) is 48.5 Å². The maximum Gasteiger partial charge on any atom is 0.226 e. The van der Waals surface area contributed by atoms with Gasteiger partial charge >= 0.3 is 0 Å². The molecule has 0 spiro atoms. The minimum absolute atomic E-state index is 0.0185. The minimum atomic E-state index is -0.0185. The highest BCUT2D eigenvalue weighted by atomic mass is 32.1. The number of hydrogen-bond donors (Lipinski definition) is 1. The minimum Gasteiger partial charge on any atom is -0.301 e. The fourth-order valence-corrected chi connectivity index (χ4v) is 4.52. The number of rotatable bonds is 7. The number of anilines is 1. The van der Waals surface area contributed by atoms with Crippen molar-refractivity contribution < 1.29 is 4.79 Å². The number of benzene rings is 2. The van der Waals surface area contributed by atoms with Crippen LogP contribution in [0.1, 0.15) is 24.3 Å². The van der Waals surface area contributed by atoms with Crippen molar-refractivity contribution in [3.05, 3.63) is 59.6 Å². The van der Waals surface area contributed by atoms with Gasteiger partial charge in [0.25, 0.3) is 0 Å². The molecule has 1 amide bonds. The van der Waals surface area contributed by atoms with Gasteiger partial charge in [0.1, 0.15) is 5.01 Å². The summed E-state index contributed by atoms with van der Waals surface area (Å²) in [6.45, 7) is 0. The van der Waals surface area contributed by atoms with Gasteiger partial charge in [-0.1, -0.05) is 53.8 Å². The Morgan fingerprint density at radius 3 is 2.59 bits per heavy atom. The van der Waals surface area contributed by atoms with Crippen LogP contribution in [0.2, 0.25) is 0 Å². The molecule has 4 aromatic rings. The van der Waals surface area contributed by atoms with Crippen LogP contribution in [0.3, 0.4) is 0 Å². The zero-order valence-electron chi connectivity index (χ0n) is 14.6. The van der Waals surface area contributed by atoms with E-state index in [2.05, 4.69) is 26.6 Å². The van der Waals surface area contributed by atoms with Gasteiger partial charge in [-0.05, 0) is 31.4 Å². The number of unbranched alkanes of at least 4 members (excludes halogenated alkanes) is 1. The monoisotopic (exact) mass is 394 g/mol. The van der Waals surface area contributed by atoms with Crippen LogP contribution in [0.25, 0.3) is 20.8 Å². The Labute approximate surface area is 165 Å². The summed E-state index contributed by atoms with van der Waals surface area (Å²) in [5, 5.41) is 13.5. The summed E-state index contributed by atoms with van der Waals surface area (Å²) >= 11 is 3.12. The third kappa shape index (κ3) is 4.56. The van der Waals surface area contributed by atoms with E-state index in [9.17, 15) is 4.79 Å². The summed E-state index contributed by atoms with van der Waals surface area (Å²) in [6, 6.07) is 18.0. The SMILES string of the molecule is O=C(CCCCc1nc2ccccc2s1)Nc1nnc(-c2ccccc2)s1. The maximum absolute atomic E-state index is 12.1. The van der Waals surface area contributed by atoms with Crippen LogP contribution in [-0.2, 0) is 11.2 Å². The molecule has 0 saturated heterocycles. The molecule has 27 heavy (non-hydrogen) atoms. The molecule has 2 aromatic carbocycles. The summed E-state index contributed by atoms with van der Waals surface area (Å²) in [5.41, 5.74) is 2.06. The first-order valence-corrected chi connectivity index (χ1v) is 10.4. The Balaban J connectivity index is 1.23. The molecule has 0 fully saturated rings. The van der Waals surface area contributed by atoms with Crippen molar-refractivity contribution in [2.45, 2.75) is 25.7 Å². The summed E-state index contributed by atoms with van der Waals surface area (Å²) in [6.07, 6.45) is 3.15. The molecule has 5 nitrogen and oxygen atoms in total. The van der Waals surface area contributed by atoms with Crippen molar-refractivity contribution >= 4 is 43.9 Å². The number of hydrogen-bond acceptors (Lipinski definition) is 6. The molecule has 2 heterocycles. The smallest absolute Gasteiger partial charge is 0.226 e. The van der Waals surface area contributed by atoms with Crippen LogP contribution in [0, 0.1) is 0 Å². The van der Waals surface area contributed by atoms with Gasteiger partial charge in [-0.3, -0.25) is 4.79 Å².